The van der Waals surface area contributed by atoms with Crippen molar-refractivity contribution in [3.8, 4) is 5.75 Å². The Morgan fingerprint density at radius 2 is 1.57 bits per heavy atom. The topological polar surface area (TPSA) is 134 Å². The Kier molecular flexibility index (Phi) is 16.8. The van der Waals surface area contributed by atoms with Crippen LogP contribution in [-0.2, 0) is 35.1 Å². The lowest BCUT2D eigenvalue weighted by Gasteiger charge is -2.32. The van der Waals surface area contributed by atoms with Crippen molar-refractivity contribution in [2.75, 3.05) is 14.2 Å². The van der Waals surface area contributed by atoms with Crippen LogP contribution in [-0.4, -0.2) is 72.1 Å². The quantitative estimate of drug-likeness (QED) is 0.247. The van der Waals surface area contributed by atoms with Gasteiger partial charge in [0, 0.05) is 32.1 Å². The van der Waals surface area contributed by atoms with Crippen LogP contribution in [0, 0.1) is 17.8 Å². The summed E-state index contributed by atoms with van der Waals surface area (Å²) >= 11 is 12.5. The summed E-state index contributed by atoms with van der Waals surface area (Å²) in [4.78, 5) is 57.6. The number of cyclic esters (lactones) is 1. The summed E-state index contributed by atoms with van der Waals surface area (Å²) in [6.45, 7) is 13.1. The van der Waals surface area contributed by atoms with E-state index in [2.05, 4.69) is 10.6 Å². The number of halogens is 2. The van der Waals surface area contributed by atoms with Gasteiger partial charge in [0.1, 0.15) is 24.2 Å². The minimum absolute atomic E-state index is 0.0179. The number of phenolic OH excluding ortho intramolecular Hbond substituents is 1. The van der Waals surface area contributed by atoms with Crippen LogP contribution >= 0.6 is 23.2 Å². The molecule has 0 fully saturated rings. The normalized spacial score (nSPS) is 26.9. The number of nitrogens with one attached hydrogen (secondary N) is 2. The minimum Gasteiger partial charge on any atom is -0.505 e. The van der Waals surface area contributed by atoms with Gasteiger partial charge in [-0.3, -0.25) is 14.4 Å². The number of rotatable bonds is 7. The zero-order valence-electron chi connectivity index (χ0n) is 32.7. The molecule has 0 spiro atoms. The van der Waals surface area contributed by atoms with Crippen LogP contribution in [0.1, 0.15) is 78.5 Å². The lowest BCUT2D eigenvalue weighted by atomic mass is 9.95. The van der Waals surface area contributed by atoms with E-state index >= 15 is 0 Å². The Morgan fingerprint density at radius 3 is 2.15 bits per heavy atom. The van der Waals surface area contributed by atoms with Crippen LogP contribution in [0.15, 0.2) is 77.9 Å². The standard InChI is InChI=1S/C42H55Cl2N3O7/c1-24(2)20-34-42(52)54-38(30-16-11-10-12-17-30)27(6)15-13-14-26(5)35(53-9)19-18-28(7)41(51)47(8)36(25(3)4)40(50)45-33(39(49)46-34)23-29-21-31(43)37(48)32(44)22-29/h10-18,21-22,24-25,27,33-36,38,48H,19-20,23H2,1-9H3,(H,45,50)(H,46,49)/b15-13+,26-14-,28-18+/t27-,33-,34+,35-,36+,38+/m1/s1. The van der Waals surface area contributed by atoms with E-state index in [1.54, 1.807) is 27.2 Å². The molecule has 0 aromatic heterocycles. The number of benzene rings is 2. The Hall–Kier alpha value is -4.12. The summed E-state index contributed by atoms with van der Waals surface area (Å²) in [7, 11) is 3.16. The third-order valence-electron chi connectivity index (χ3n) is 9.49. The summed E-state index contributed by atoms with van der Waals surface area (Å²) in [6.07, 6.45) is 7.14. The Balaban J connectivity index is 2.17. The lowest BCUT2D eigenvalue weighted by molar-refractivity contribution is -0.156. The summed E-state index contributed by atoms with van der Waals surface area (Å²) in [6, 6.07) is 9.04. The predicted molar refractivity (Wildman–Crippen MR) is 213 cm³/mol. The highest BCUT2D eigenvalue weighted by Gasteiger charge is 2.36. The van der Waals surface area contributed by atoms with Gasteiger partial charge in [0.2, 0.25) is 17.7 Å². The molecule has 0 aliphatic carbocycles. The minimum atomic E-state index is -1.24. The number of carbonyl (C=O) groups excluding carboxylic acids is 4. The largest absolute Gasteiger partial charge is 0.505 e. The molecule has 0 saturated carbocycles. The number of nitrogens with zero attached hydrogens (tertiary/aromatic N) is 1. The van der Waals surface area contributed by atoms with Gasteiger partial charge < -0.3 is 30.1 Å². The number of allylic oxidation sites excluding steroid dienone is 2. The van der Waals surface area contributed by atoms with Crippen molar-refractivity contribution in [1.29, 1.82) is 0 Å². The van der Waals surface area contributed by atoms with Gasteiger partial charge >= 0.3 is 5.97 Å². The number of hydrogen-bond donors (Lipinski definition) is 3. The average molecular weight is 785 g/mol. The molecule has 0 saturated heterocycles. The van der Waals surface area contributed by atoms with E-state index in [1.807, 2.05) is 90.1 Å². The molecule has 1 aliphatic rings. The van der Waals surface area contributed by atoms with Crippen molar-refractivity contribution in [3.05, 3.63) is 99.1 Å². The maximum Gasteiger partial charge on any atom is 0.329 e. The Morgan fingerprint density at radius 1 is 0.963 bits per heavy atom. The van der Waals surface area contributed by atoms with E-state index in [1.165, 1.54) is 17.0 Å². The summed E-state index contributed by atoms with van der Waals surface area (Å²) in [5, 5.41) is 15.8. The van der Waals surface area contributed by atoms with Crippen LogP contribution in [0.2, 0.25) is 10.0 Å². The molecular formula is C42H55Cl2N3O7. The molecule has 294 valence electrons. The number of hydrogen-bond acceptors (Lipinski definition) is 7. The highest BCUT2D eigenvalue weighted by Crippen LogP contribution is 2.33. The van der Waals surface area contributed by atoms with E-state index in [-0.39, 0.29) is 58.4 Å². The van der Waals surface area contributed by atoms with Crippen LogP contribution < -0.4 is 10.6 Å². The molecule has 1 aliphatic heterocycles. The van der Waals surface area contributed by atoms with Crippen LogP contribution in [0.25, 0.3) is 0 Å². The van der Waals surface area contributed by atoms with Gasteiger partial charge in [-0.1, -0.05) is 112 Å². The van der Waals surface area contributed by atoms with Crippen molar-refractivity contribution in [2.45, 2.75) is 98.1 Å². The van der Waals surface area contributed by atoms with Crippen molar-refractivity contribution >= 4 is 46.9 Å². The SMILES string of the molecule is CO[C@@H]1C/C=C(\C)C(=O)N(C)[C@@H](C(C)C)C(=O)N[C@H](Cc2cc(Cl)c(O)c(Cl)c2)C(=O)N[C@@H](CC(C)C)C(=O)O[C@H](c2ccccc2)[C@H](C)/C=C/C=C\1C. The second-order valence-corrected chi connectivity index (χ2v) is 15.6. The number of amides is 3. The van der Waals surface area contributed by atoms with Crippen LogP contribution in [0.3, 0.4) is 0 Å². The second kappa shape index (κ2) is 20.5. The summed E-state index contributed by atoms with van der Waals surface area (Å²) in [5.74, 6) is -3.16. The van der Waals surface area contributed by atoms with Crippen molar-refractivity contribution in [3.63, 3.8) is 0 Å². The van der Waals surface area contributed by atoms with Crippen LogP contribution in [0.5, 0.6) is 5.75 Å². The zero-order valence-corrected chi connectivity index (χ0v) is 34.2. The Bertz CT molecular complexity index is 1700. The van der Waals surface area contributed by atoms with Gasteiger partial charge in [-0.2, -0.15) is 0 Å². The molecule has 0 radical (unpaired) electrons. The second-order valence-electron chi connectivity index (χ2n) is 14.7. The highest BCUT2D eigenvalue weighted by atomic mass is 35.5. The Labute approximate surface area is 329 Å². The average Bonchev–Trinajstić information content (AvgIpc) is 3.11. The van der Waals surface area contributed by atoms with Crippen LogP contribution in [0.4, 0.5) is 0 Å². The first-order chi connectivity index (χ1) is 25.4. The maximum atomic E-state index is 14.3. The maximum absolute atomic E-state index is 14.3. The van der Waals surface area contributed by atoms with Crippen molar-refractivity contribution < 1.29 is 33.8 Å². The number of aromatic hydroxyl groups is 1. The molecule has 2 aromatic rings. The van der Waals surface area contributed by atoms with E-state index in [9.17, 15) is 24.3 Å². The monoisotopic (exact) mass is 783 g/mol. The molecule has 6 atom stereocenters. The van der Waals surface area contributed by atoms with E-state index < -0.39 is 42.0 Å². The van der Waals surface area contributed by atoms with E-state index in [4.69, 9.17) is 32.7 Å². The first kappa shape index (κ1) is 44.3. The highest BCUT2D eigenvalue weighted by molar-refractivity contribution is 6.37. The lowest BCUT2D eigenvalue weighted by Crippen LogP contribution is -2.58. The number of esters is 1. The summed E-state index contributed by atoms with van der Waals surface area (Å²) in [5.41, 5.74) is 2.59. The predicted octanol–water partition coefficient (Wildman–Crippen LogP) is 7.53. The van der Waals surface area contributed by atoms with Crippen molar-refractivity contribution in [2.24, 2.45) is 17.8 Å². The molecule has 12 heteroatoms. The number of carbonyl (C=O) groups is 4. The molecule has 2 aromatic carbocycles. The van der Waals surface area contributed by atoms with Gasteiger partial charge in [-0.15, -0.1) is 0 Å². The zero-order chi connectivity index (χ0) is 40.3. The van der Waals surface area contributed by atoms with Gasteiger partial charge in [0.05, 0.1) is 16.1 Å². The molecule has 10 nitrogen and oxygen atoms in total. The molecule has 0 unspecified atom stereocenters. The van der Waals surface area contributed by atoms with Gasteiger partial charge in [-0.25, -0.2) is 4.79 Å². The fraction of sp³-hybridized carbons (Fsp3) is 0.476. The molecule has 3 rings (SSSR count). The van der Waals surface area contributed by atoms with E-state index in [0.717, 1.165) is 11.1 Å². The summed E-state index contributed by atoms with van der Waals surface area (Å²) < 4.78 is 12.0. The van der Waals surface area contributed by atoms with Gasteiger partial charge in [0.15, 0.2) is 5.75 Å². The first-order valence-electron chi connectivity index (χ1n) is 18.3. The third kappa shape index (κ3) is 12.2. The van der Waals surface area contributed by atoms with E-state index in [0.29, 0.717) is 17.6 Å². The van der Waals surface area contributed by atoms with Gasteiger partial charge in [0.25, 0.3) is 0 Å². The number of phenols is 1. The fourth-order valence-corrected chi connectivity index (χ4v) is 7.02. The third-order valence-corrected chi connectivity index (χ3v) is 10.1. The molecule has 1 heterocycles. The molecule has 0 bridgehead atoms. The molecular weight excluding hydrogens is 729 g/mol. The fourth-order valence-electron chi connectivity index (χ4n) is 6.48. The smallest absolute Gasteiger partial charge is 0.329 e. The van der Waals surface area contributed by atoms with Gasteiger partial charge in [-0.05, 0) is 67.4 Å². The first-order valence-corrected chi connectivity index (χ1v) is 19.0. The number of methoxy groups -OCH3 is 1. The molecule has 3 amide bonds. The number of likely N-dealkylation sites (N-methyl/N-ethyl adjacent to an activating group) is 1. The molecule has 3 N–H and O–H groups in total. The van der Waals surface area contributed by atoms with Crippen molar-refractivity contribution in [1.82, 2.24) is 15.5 Å². The number of ether oxygens (including phenoxy) is 2. The molecule has 54 heavy (non-hydrogen) atoms.